The number of carbonyl (C=O) groups is 1. The molecule has 1 aromatic heterocycles. The zero-order valence-corrected chi connectivity index (χ0v) is 17.8. The third-order valence-corrected chi connectivity index (χ3v) is 6.55. The third kappa shape index (κ3) is 5.49. The number of amides is 1. The van der Waals surface area contributed by atoms with Gasteiger partial charge in [-0.1, -0.05) is 0 Å². The fourth-order valence-corrected chi connectivity index (χ4v) is 4.95. The van der Waals surface area contributed by atoms with Crippen LogP contribution in [0.3, 0.4) is 0 Å². The first-order valence-corrected chi connectivity index (χ1v) is 11.3. The fraction of sp³-hybridized carbons (Fsp3) is 0.727. The molecule has 3 aliphatic rings. The molecule has 2 atom stereocenters. The summed E-state index contributed by atoms with van der Waals surface area (Å²) in [6.45, 7) is 5.67. The molecular formula is C22H31F3N4O2. The van der Waals surface area contributed by atoms with Crippen LogP contribution in [-0.2, 0) is 15.7 Å². The number of hydrogen-bond donors (Lipinski definition) is 0. The summed E-state index contributed by atoms with van der Waals surface area (Å²) >= 11 is 0. The van der Waals surface area contributed by atoms with Crippen LogP contribution in [0, 0.1) is 5.92 Å². The van der Waals surface area contributed by atoms with Crippen LogP contribution in [-0.4, -0.2) is 79.2 Å². The Morgan fingerprint density at radius 3 is 2.74 bits per heavy atom. The number of piperidine rings is 1. The van der Waals surface area contributed by atoms with Gasteiger partial charge in [0, 0.05) is 52.1 Å². The lowest BCUT2D eigenvalue weighted by Gasteiger charge is -2.36. The van der Waals surface area contributed by atoms with Crippen LogP contribution >= 0.6 is 0 Å². The van der Waals surface area contributed by atoms with Gasteiger partial charge in [-0.05, 0) is 50.8 Å². The summed E-state index contributed by atoms with van der Waals surface area (Å²) in [7, 11) is 0. The highest BCUT2D eigenvalue weighted by molar-refractivity contribution is 5.80. The monoisotopic (exact) mass is 440 g/mol. The Labute approximate surface area is 181 Å². The SMILES string of the molecule is O=C([C@H]1CCCN(c2ncccc2C(F)(F)F)C1)N1CCCN(C[C@H]2CCCO2)CC1. The minimum absolute atomic E-state index is 0.0631. The molecule has 0 N–H and O–H groups in total. The summed E-state index contributed by atoms with van der Waals surface area (Å²) in [6, 6.07) is 2.36. The molecule has 0 aliphatic carbocycles. The van der Waals surface area contributed by atoms with Crippen molar-refractivity contribution in [3.8, 4) is 0 Å². The van der Waals surface area contributed by atoms with Crippen molar-refractivity contribution in [2.45, 2.75) is 44.4 Å². The summed E-state index contributed by atoms with van der Waals surface area (Å²) in [5, 5.41) is 0. The first-order chi connectivity index (χ1) is 14.9. The largest absolute Gasteiger partial charge is 0.419 e. The van der Waals surface area contributed by atoms with Gasteiger partial charge < -0.3 is 14.5 Å². The van der Waals surface area contributed by atoms with E-state index in [4.69, 9.17) is 4.74 Å². The van der Waals surface area contributed by atoms with E-state index in [1.54, 1.807) is 4.90 Å². The second-order valence-electron chi connectivity index (χ2n) is 8.77. The zero-order chi connectivity index (χ0) is 21.8. The summed E-state index contributed by atoms with van der Waals surface area (Å²) in [5.41, 5.74) is -0.734. The highest BCUT2D eigenvalue weighted by Crippen LogP contribution is 2.36. The van der Waals surface area contributed by atoms with Crippen molar-refractivity contribution < 1.29 is 22.7 Å². The Hall–Kier alpha value is -1.87. The summed E-state index contributed by atoms with van der Waals surface area (Å²) in [4.78, 5) is 23.2. The molecule has 3 fully saturated rings. The summed E-state index contributed by atoms with van der Waals surface area (Å²) in [5.74, 6) is -0.291. The molecule has 1 amide bonds. The molecule has 4 rings (SSSR count). The lowest BCUT2D eigenvalue weighted by atomic mass is 9.96. The van der Waals surface area contributed by atoms with Gasteiger partial charge in [0.1, 0.15) is 5.82 Å². The van der Waals surface area contributed by atoms with Crippen molar-refractivity contribution in [1.29, 1.82) is 0 Å². The molecule has 172 valence electrons. The Kier molecular flexibility index (Phi) is 7.01. The molecule has 0 aromatic carbocycles. The molecule has 0 bridgehead atoms. The molecule has 0 radical (unpaired) electrons. The van der Waals surface area contributed by atoms with Crippen molar-refractivity contribution in [1.82, 2.24) is 14.8 Å². The maximum absolute atomic E-state index is 13.4. The van der Waals surface area contributed by atoms with E-state index in [0.29, 0.717) is 38.6 Å². The van der Waals surface area contributed by atoms with Crippen molar-refractivity contribution in [2.75, 3.05) is 57.3 Å². The lowest BCUT2D eigenvalue weighted by molar-refractivity contribution is -0.137. The predicted octanol–water partition coefficient (Wildman–Crippen LogP) is 3.03. The highest BCUT2D eigenvalue weighted by Gasteiger charge is 2.38. The van der Waals surface area contributed by atoms with Crippen LogP contribution in [0.2, 0.25) is 0 Å². The van der Waals surface area contributed by atoms with Gasteiger partial charge in [0.2, 0.25) is 5.91 Å². The molecule has 0 unspecified atom stereocenters. The third-order valence-electron chi connectivity index (χ3n) is 6.55. The van der Waals surface area contributed by atoms with Gasteiger partial charge >= 0.3 is 6.18 Å². The Bertz CT molecular complexity index is 755. The van der Waals surface area contributed by atoms with Gasteiger partial charge in [0.15, 0.2) is 0 Å². The van der Waals surface area contributed by atoms with Gasteiger partial charge in [-0.25, -0.2) is 4.98 Å². The van der Waals surface area contributed by atoms with Crippen LogP contribution < -0.4 is 4.90 Å². The van der Waals surface area contributed by atoms with E-state index in [2.05, 4.69) is 9.88 Å². The second kappa shape index (κ2) is 9.73. The first kappa shape index (κ1) is 22.3. The number of alkyl halides is 3. The van der Waals surface area contributed by atoms with Crippen LogP contribution in [0.1, 0.15) is 37.7 Å². The minimum Gasteiger partial charge on any atom is -0.377 e. The Balaban J connectivity index is 1.37. The Morgan fingerprint density at radius 1 is 1.10 bits per heavy atom. The van der Waals surface area contributed by atoms with E-state index >= 15 is 0 Å². The number of halogens is 3. The summed E-state index contributed by atoms with van der Waals surface area (Å²) < 4.78 is 46.0. The lowest BCUT2D eigenvalue weighted by Crippen LogP contribution is -2.46. The maximum atomic E-state index is 13.4. The number of nitrogens with zero attached hydrogens (tertiary/aromatic N) is 4. The molecule has 0 saturated carbocycles. The maximum Gasteiger partial charge on any atom is 0.419 e. The molecule has 9 heteroatoms. The van der Waals surface area contributed by atoms with Crippen molar-refractivity contribution >= 4 is 11.7 Å². The van der Waals surface area contributed by atoms with E-state index in [-0.39, 0.29) is 24.2 Å². The van der Waals surface area contributed by atoms with Crippen LogP contribution in [0.5, 0.6) is 0 Å². The molecule has 1 aromatic rings. The van der Waals surface area contributed by atoms with Crippen molar-refractivity contribution in [3.63, 3.8) is 0 Å². The van der Waals surface area contributed by atoms with Gasteiger partial charge in [-0.3, -0.25) is 9.69 Å². The number of aromatic nitrogens is 1. The molecular weight excluding hydrogens is 409 g/mol. The highest BCUT2D eigenvalue weighted by atomic mass is 19.4. The van der Waals surface area contributed by atoms with E-state index < -0.39 is 11.7 Å². The second-order valence-corrected chi connectivity index (χ2v) is 8.77. The number of pyridine rings is 1. The van der Waals surface area contributed by atoms with Gasteiger partial charge in [-0.2, -0.15) is 13.2 Å². The fourth-order valence-electron chi connectivity index (χ4n) is 4.95. The topological polar surface area (TPSA) is 48.9 Å². The average Bonchev–Trinajstić information content (AvgIpc) is 3.17. The smallest absolute Gasteiger partial charge is 0.377 e. The molecule has 0 spiro atoms. The van der Waals surface area contributed by atoms with Gasteiger partial charge in [0.05, 0.1) is 17.6 Å². The van der Waals surface area contributed by atoms with E-state index in [0.717, 1.165) is 51.6 Å². The molecule has 3 saturated heterocycles. The van der Waals surface area contributed by atoms with Crippen molar-refractivity contribution in [3.05, 3.63) is 23.9 Å². The molecule has 4 heterocycles. The van der Waals surface area contributed by atoms with E-state index in [1.807, 2.05) is 4.90 Å². The van der Waals surface area contributed by atoms with E-state index in [9.17, 15) is 18.0 Å². The summed E-state index contributed by atoms with van der Waals surface area (Å²) in [6.07, 6.45) is 1.75. The van der Waals surface area contributed by atoms with Crippen molar-refractivity contribution in [2.24, 2.45) is 5.92 Å². The van der Waals surface area contributed by atoms with E-state index in [1.165, 1.54) is 12.3 Å². The number of anilines is 1. The predicted molar refractivity (Wildman–Crippen MR) is 111 cm³/mol. The van der Waals surface area contributed by atoms with Gasteiger partial charge in [-0.15, -0.1) is 0 Å². The Morgan fingerprint density at radius 2 is 1.97 bits per heavy atom. The first-order valence-electron chi connectivity index (χ1n) is 11.3. The number of hydrogen-bond acceptors (Lipinski definition) is 5. The van der Waals surface area contributed by atoms with Gasteiger partial charge in [0.25, 0.3) is 0 Å². The van der Waals surface area contributed by atoms with Crippen LogP contribution in [0.25, 0.3) is 0 Å². The quantitative estimate of drug-likeness (QED) is 0.721. The molecule has 31 heavy (non-hydrogen) atoms. The number of rotatable bonds is 4. The number of ether oxygens (including phenoxy) is 1. The normalized spacial score (nSPS) is 26.2. The average molecular weight is 441 g/mol. The molecule has 6 nitrogen and oxygen atoms in total. The zero-order valence-electron chi connectivity index (χ0n) is 17.8. The minimum atomic E-state index is -4.46. The van der Waals surface area contributed by atoms with Crippen LogP contribution in [0.4, 0.5) is 19.0 Å². The molecule has 3 aliphatic heterocycles. The van der Waals surface area contributed by atoms with Crippen LogP contribution in [0.15, 0.2) is 18.3 Å². The standard InChI is InChI=1S/C22H31F3N4O2/c23-22(24,25)19-7-1-8-26-20(19)29-10-2-5-17(15-29)21(30)28-11-4-9-27(12-13-28)16-18-6-3-14-31-18/h1,7-8,17-18H,2-6,9-16H2/t17-,18+/m0/s1. The number of carbonyl (C=O) groups excluding carboxylic acids is 1.